The van der Waals surface area contributed by atoms with Gasteiger partial charge < -0.3 is 14.8 Å². The van der Waals surface area contributed by atoms with Gasteiger partial charge in [0.05, 0.1) is 12.6 Å². The number of aryl methyl sites for hydroxylation is 2. The van der Waals surface area contributed by atoms with Crippen molar-refractivity contribution < 1.29 is 14.3 Å². The molecular weight excluding hydrogens is 280 g/mol. The van der Waals surface area contributed by atoms with Crippen molar-refractivity contribution in [1.29, 1.82) is 0 Å². The van der Waals surface area contributed by atoms with E-state index in [1.54, 1.807) is 6.92 Å². The molecule has 0 unspecified atom stereocenters. The van der Waals surface area contributed by atoms with Crippen LogP contribution in [0.2, 0.25) is 0 Å². The number of nitrogens with zero attached hydrogens (tertiary/aromatic N) is 1. The summed E-state index contributed by atoms with van der Waals surface area (Å²) in [6.45, 7) is 9.66. The molecule has 2 heterocycles. The van der Waals surface area contributed by atoms with Gasteiger partial charge in [-0.05, 0) is 59.2 Å². The van der Waals surface area contributed by atoms with Crippen molar-refractivity contribution in [2.45, 2.75) is 58.6 Å². The molecule has 2 N–H and O–H groups in total. The van der Waals surface area contributed by atoms with Gasteiger partial charge in [-0.1, -0.05) is 6.92 Å². The molecule has 5 heteroatoms. The first-order valence-electron chi connectivity index (χ1n) is 8.17. The minimum absolute atomic E-state index is 0.0177. The quantitative estimate of drug-likeness (QED) is 0.844. The van der Waals surface area contributed by atoms with E-state index in [9.17, 15) is 9.90 Å². The maximum atomic E-state index is 12.4. The molecule has 0 radical (unpaired) electrons. The van der Waals surface area contributed by atoms with Crippen LogP contribution in [0.15, 0.2) is 10.5 Å². The van der Waals surface area contributed by atoms with E-state index in [0.29, 0.717) is 5.76 Å². The lowest BCUT2D eigenvalue weighted by Gasteiger charge is -2.27. The SMILES string of the molecule is CCCN1CCC[C@@H]1C(=O)NC[C@](C)(O)c1cc(C)oc1C. The maximum absolute atomic E-state index is 12.4. The van der Waals surface area contributed by atoms with Crippen molar-refractivity contribution in [3.05, 3.63) is 23.2 Å². The van der Waals surface area contributed by atoms with Crippen LogP contribution in [0.1, 0.15) is 50.2 Å². The number of rotatable bonds is 6. The van der Waals surface area contributed by atoms with Gasteiger partial charge in [-0.15, -0.1) is 0 Å². The number of likely N-dealkylation sites (tertiary alicyclic amines) is 1. The van der Waals surface area contributed by atoms with Crippen molar-refractivity contribution in [1.82, 2.24) is 10.2 Å². The first-order chi connectivity index (χ1) is 10.3. The zero-order chi connectivity index (χ0) is 16.3. The summed E-state index contributed by atoms with van der Waals surface area (Å²) < 4.78 is 5.48. The number of hydrogen-bond donors (Lipinski definition) is 2. The molecule has 1 aliphatic rings. The molecule has 0 saturated carbocycles. The molecular formula is C17H28N2O3. The van der Waals surface area contributed by atoms with E-state index in [1.165, 1.54) is 0 Å². The molecule has 0 aromatic carbocycles. The van der Waals surface area contributed by atoms with Crippen LogP contribution >= 0.6 is 0 Å². The van der Waals surface area contributed by atoms with Gasteiger partial charge in [0.2, 0.25) is 5.91 Å². The van der Waals surface area contributed by atoms with E-state index in [1.807, 2.05) is 19.9 Å². The van der Waals surface area contributed by atoms with Gasteiger partial charge in [0.15, 0.2) is 0 Å². The van der Waals surface area contributed by atoms with E-state index in [2.05, 4.69) is 17.1 Å². The second-order valence-electron chi connectivity index (χ2n) is 6.51. The normalized spacial score (nSPS) is 21.8. The molecule has 0 bridgehead atoms. The Morgan fingerprint density at radius 2 is 2.27 bits per heavy atom. The Kier molecular flexibility index (Phi) is 5.29. The summed E-state index contributed by atoms with van der Waals surface area (Å²) in [5, 5.41) is 13.6. The Hall–Kier alpha value is -1.33. The molecule has 2 rings (SSSR count). The van der Waals surface area contributed by atoms with Gasteiger partial charge in [-0.25, -0.2) is 0 Å². The van der Waals surface area contributed by atoms with Crippen LogP contribution in [0, 0.1) is 13.8 Å². The van der Waals surface area contributed by atoms with Crippen LogP contribution in [0.5, 0.6) is 0 Å². The Bertz CT molecular complexity index is 522. The van der Waals surface area contributed by atoms with Crippen LogP contribution in [-0.4, -0.2) is 41.6 Å². The van der Waals surface area contributed by atoms with Gasteiger partial charge in [0.1, 0.15) is 17.1 Å². The van der Waals surface area contributed by atoms with Crippen LogP contribution in [0.4, 0.5) is 0 Å². The average Bonchev–Trinajstić information content (AvgIpc) is 3.03. The first kappa shape index (κ1) is 17.0. The Morgan fingerprint density at radius 1 is 1.55 bits per heavy atom. The highest BCUT2D eigenvalue weighted by atomic mass is 16.3. The average molecular weight is 308 g/mol. The highest BCUT2D eigenvalue weighted by molar-refractivity contribution is 5.82. The molecule has 1 saturated heterocycles. The smallest absolute Gasteiger partial charge is 0.237 e. The summed E-state index contributed by atoms with van der Waals surface area (Å²) in [6.07, 6.45) is 3.02. The molecule has 1 aromatic heterocycles. The fourth-order valence-corrected chi connectivity index (χ4v) is 3.32. The number of nitrogens with one attached hydrogen (secondary N) is 1. The molecule has 1 amide bonds. The summed E-state index contributed by atoms with van der Waals surface area (Å²) in [5.41, 5.74) is -0.381. The van der Waals surface area contributed by atoms with E-state index >= 15 is 0 Å². The van der Waals surface area contributed by atoms with Crippen molar-refractivity contribution >= 4 is 5.91 Å². The molecule has 1 fully saturated rings. The second-order valence-corrected chi connectivity index (χ2v) is 6.51. The molecule has 0 spiro atoms. The van der Waals surface area contributed by atoms with Crippen molar-refractivity contribution in [2.24, 2.45) is 0 Å². The first-order valence-corrected chi connectivity index (χ1v) is 8.17. The molecule has 2 atom stereocenters. The molecule has 124 valence electrons. The fourth-order valence-electron chi connectivity index (χ4n) is 3.32. The third kappa shape index (κ3) is 3.70. The highest BCUT2D eigenvalue weighted by Gasteiger charge is 2.33. The largest absolute Gasteiger partial charge is 0.466 e. The third-order valence-corrected chi connectivity index (χ3v) is 4.41. The molecule has 22 heavy (non-hydrogen) atoms. The van der Waals surface area contributed by atoms with Crippen molar-refractivity contribution in [3.8, 4) is 0 Å². The molecule has 0 aliphatic carbocycles. The summed E-state index contributed by atoms with van der Waals surface area (Å²) in [4.78, 5) is 14.6. The standard InChI is InChI=1S/C17H28N2O3/c1-5-8-19-9-6-7-15(19)16(20)18-11-17(4,21)14-10-12(2)22-13(14)3/h10,15,21H,5-9,11H2,1-4H3,(H,18,20)/t15-,17+/m1/s1. The predicted octanol–water partition coefficient (Wildman–Crippen LogP) is 2.09. The number of hydrogen-bond acceptors (Lipinski definition) is 4. The van der Waals surface area contributed by atoms with Crippen LogP contribution in [0.3, 0.4) is 0 Å². The lowest BCUT2D eigenvalue weighted by Crippen LogP contribution is -2.47. The Morgan fingerprint density at radius 3 is 2.86 bits per heavy atom. The fraction of sp³-hybridized carbons (Fsp3) is 0.706. The van der Waals surface area contributed by atoms with Crippen LogP contribution < -0.4 is 5.32 Å². The number of amides is 1. The van der Waals surface area contributed by atoms with E-state index < -0.39 is 5.60 Å². The topological polar surface area (TPSA) is 65.7 Å². The van der Waals surface area contributed by atoms with E-state index in [-0.39, 0.29) is 18.5 Å². The van der Waals surface area contributed by atoms with Crippen LogP contribution in [-0.2, 0) is 10.4 Å². The monoisotopic (exact) mass is 308 g/mol. The van der Waals surface area contributed by atoms with Gasteiger partial charge in [0, 0.05) is 5.56 Å². The minimum atomic E-state index is -1.12. The Labute approximate surface area is 132 Å². The van der Waals surface area contributed by atoms with Crippen molar-refractivity contribution in [3.63, 3.8) is 0 Å². The van der Waals surface area contributed by atoms with Gasteiger partial charge >= 0.3 is 0 Å². The maximum Gasteiger partial charge on any atom is 0.237 e. The van der Waals surface area contributed by atoms with E-state index in [0.717, 1.165) is 43.7 Å². The predicted molar refractivity (Wildman–Crippen MR) is 85.6 cm³/mol. The zero-order valence-electron chi connectivity index (χ0n) is 14.1. The molecule has 1 aromatic rings. The minimum Gasteiger partial charge on any atom is -0.466 e. The second kappa shape index (κ2) is 6.84. The lowest BCUT2D eigenvalue weighted by atomic mass is 9.96. The van der Waals surface area contributed by atoms with E-state index in [4.69, 9.17) is 4.42 Å². The molecule has 1 aliphatic heterocycles. The number of aliphatic hydroxyl groups is 1. The number of carbonyl (C=O) groups is 1. The number of furan rings is 1. The van der Waals surface area contributed by atoms with Crippen molar-refractivity contribution in [2.75, 3.05) is 19.6 Å². The lowest BCUT2D eigenvalue weighted by molar-refractivity contribution is -0.126. The van der Waals surface area contributed by atoms with Crippen LogP contribution in [0.25, 0.3) is 0 Å². The Balaban J connectivity index is 1.96. The summed E-state index contributed by atoms with van der Waals surface area (Å²) in [5.74, 6) is 1.48. The summed E-state index contributed by atoms with van der Waals surface area (Å²) >= 11 is 0. The summed E-state index contributed by atoms with van der Waals surface area (Å²) in [6, 6.07) is 1.78. The zero-order valence-corrected chi connectivity index (χ0v) is 14.1. The summed E-state index contributed by atoms with van der Waals surface area (Å²) in [7, 11) is 0. The van der Waals surface area contributed by atoms with Gasteiger partial charge in [-0.3, -0.25) is 9.69 Å². The van der Waals surface area contributed by atoms with Gasteiger partial charge in [-0.2, -0.15) is 0 Å². The third-order valence-electron chi connectivity index (χ3n) is 4.41. The van der Waals surface area contributed by atoms with Gasteiger partial charge in [0.25, 0.3) is 0 Å². The molecule has 5 nitrogen and oxygen atoms in total. The highest BCUT2D eigenvalue weighted by Crippen LogP contribution is 2.26. The number of carbonyl (C=O) groups excluding carboxylic acids is 1.